The summed E-state index contributed by atoms with van der Waals surface area (Å²) in [5.41, 5.74) is 2.34. The highest BCUT2D eigenvalue weighted by atomic mass is 32.2. The predicted octanol–water partition coefficient (Wildman–Crippen LogP) is 5.86. The molecule has 0 bridgehead atoms. The zero-order valence-electron chi connectivity index (χ0n) is 21.6. The normalized spacial score (nSPS) is 15.4. The van der Waals surface area contributed by atoms with E-state index in [9.17, 15) is 21.6 Å². The van der Waals surface area contributed by atoms with E-state index in [0.717, 1.165) is 42.6 Å². The fourth-order valence-electron chi connectivity index (χ4n) is 5.00. The van der Waals surface area contributed by atoms with Crippen molar-refractivity contribution < 1.29 is 21.6 Å². The number of benzene rings is 2. The molecule has 0 spiro atoms. The van der Waals surface area contributed by atoms with E-state index in [2.05, 4.69) is 39.4 Å². The van der Waals surface area contributed by atoms with Crippen LogP contribution in [0.1, 0.15) is 23.3 Å². The average Bonchev–Trinajstić information content (AvgIpc) is 3.48. The highest BCUT2D eigenvalue weighted by molar-refractivity contribution is 7.91. The Morgan fingerprint density at radius 2 is 1.87 bits per heavy atom. The molecule has 0 amide bonds. The smallest absolute Gasteiger partial charge is 0.381 e. The van der Waals surface area contributed by atoms with Crippen LogP contribution in [0.2, 0.25) is 0 Å². The number of H-pyrrole nitrogens is 1. The SMILES string of the molecule is CN1CCC(Nc2cccc3c(CC(F)(F)F)c(C#CCNc4ccc(S(C)(=O)=O)c5cc[nH]c45)sc23)CC1. The monoisotopic (exact) mass is 574 g/mol. The van der Waals surface area contributed by atoms with Crippen LogP contribution < -0.4 is 10.6 Å². The molecule has 11 heteroatoms. The van der Waals surface area contributed by atoms with E-state index < -0.39 is 22.4 Å². The molecule has 3 heterocycles. The second-order valence-electron chi connectivity index (χ2n) is 9.91. The van der Waals surface area contributed by atoms with Crippen LogP contribution in [0, 0.1) is 11.8 Å². The number of hydrogen-bond donors (Lipinski definition) is 3. The standard InChI is InChI=1S/C28H29F3N4O2S2/c1-35-15-11-18(12-16-35)34-23-6-3-5-19-21(17-28(29,30)31)24(38-27(19)23)7-4-13-32-22-8-9-25(39(2,36)37)20-10-14-33-26(20)22/h3,5-6,8-10,14,18,32-34H,11-13,15-17H2,1-2H3. The van der Waals surface area contributed by atoms with Crippen molar-refractivity contribution in [3.8, 4) is 11.8 Å². The summed E-state index contributed by atoms with van der Waals surface area (Å²) in [6, 6.07) is 10.6. The number of sulfone groups is 1. The van der Waals surface area contributed by atoms with Gasteiger partial charge in [-0.25, -0.2) is 8.42 Å². The Morgan fingerprint density at radius 1 is 1.10 bits per heavy atom. The van der Waals surface area contributed by atoms with Gasteiger partial charge in [-0.15, -0.1) is 11.3 Å². The number of alkyl halides is 3. The maximum absolute atomic E-state index is 13.6. The Kier molecular flexibility index (Phi) is 7.55. The van der Waals surface area contributed by atoms with Gasteiger partial charge in [0.05, 0.1) is 44.3 Å². The molecular formula is C28H29F3N4O2S2. The lowest BCUT2D eigenvalue weighted by atomic mass is 10.0. The Bertz CT molecular complexity index is 1670. The maximum atomic E-state index is 13.6. The maximum Gasteiger partial charge on any atom is 0.393 e. The predicted molar refractivity (Wildman–Crippen MR) is 153 cm³/mol. The van der Waals surface area contributed by atoms with Crippen molar-refractivity contribution in [1.82, 2.24) is 9.88 Å². The minimum absolute atomic E-state index is 0.173. The molecule has 0 aliphatic carbocycles. The van der Waals surface area contributed by atoms with E-state index in [1.807, 2.05) is 6.07 Å². The molecule has 39 heavy (non-hydrogen) atoms. The second-order valence-corrected chi connectivity index (χ2v) is 12.9. The summed E-state index contributed by atoms with van der Waals surface area (Å²) in [7, 11) is -1.31. The number of nitrogens with zero attached hydrogens (tertiary/aromatic N) is 1. The number of nitrogens with one attached hydrogen (secondary N) is 3. The van der Waals surface area contributed by atoms with E-state index in [0.29, 0.717) is 26.9 Å². The van der Waals surface area contributed by atoms with Gasteiger partial charge in [0.1, 0.15) is 0 Å². The molecule has 0 unspecified atom stereocenters. The number of piperidine rings is 1. The molecule has 1 saturated heterocycles. The molecule has 1 aliphatic rings. The highest BCUT2D eigenvalue weighted by Gasteiger charge is 2.31. The summed E-state index contributed by atoms with van der Waals surface area (Å²) in [5, 5.41) is 7.87. The van der Waals surface area contributed by atoms with Gasteiger partial charge in [0, 0.05) is 23.9 Å². The Morgan fingerprint density at radius 3 is 2.59 bits per heavy atom. The van der Waals surface area contributed by atoms with Crippen LogP contribution in [0.15, 0.2) is 47.5 Å². The number of fused-ring (bicyclic) bond motifs is 2. The number of hydrogen-bond acceptors (Lipinski definition) is 6. The molecule has 2 aromatic heterocycles. The third kappa shape index (κ3) is 6.19. The van der Waals surface area contributed by atoms with E-state index in [-0.39, 0.29) is 23.0 Å². The number of rotatable bonds is 6. The minimum atomic E-state index is -4.36. The van der Waals surface area contributed by atoms with Gasteiger partial charge in [0.25, 0.3) is 0 Å². The molecule has 2 aromatic carbocycles. The van der Waals surface area contributed by atoms with Crippen molar-refractivity contribution in [3.05, 3.63) is 53.0 Å². The Labute approximate surface area is 229 Å². The summed E-state index contributed by atoms with van der Waals surface area (Å²) in [6.07, 6.45) is -0.630. The molecule has 1 fully saturated rings. The van der Waals surface area contributed by atoms with Crippen LogP contribution in [-0.4, -0.2) is 63.5 Å². The number of aromatic nitrogens is 1. The van der Waals surface area contributed by atoms with Gasteiger partial charge >= 0.3 is 6.18 Å². The van der Waals surface area contributed by atoms with Crippen molar-refractivity contribution in [2.45, 2.75) is 36.4 Å². The van der Waals surface area contributed by atoms with Crippen LogP contribution in [-0.2, 0) is 16.3 Å². The summed E-state index contributed by atoms with van der Waals surface area (Å²) in [5.74, 6) is 5.94. The van der Waals surface area contributed by atoms with E-state index in [1.165, 1.54) is 17.4 Å². The van der Waals surface area contributed by atoms with Gasteiger partial charge in [-0.05, 0) is 68.2 Å². The molecule has 206 valence electrons. The molecule has 0 radical (unpaired) electrons. The first-order chi connectivity index (χ1) is 18.5. The lowest BCUT2D eigenvalue weighted by Crippen LogP contribution is -2.36. The van der Waals surface area contributed by atoms with Crippen LogP contribution in [0.25, 0.3) is 21.0 Å². The first-order valence-corrected chi connectivity index (χ1v) is 15.3. The fourth-order valence-corrected chi connectivity index (χ4v) is 7.05. The molecule has 0 atom stereocenters. The highest BCUT2D eigenvalue weighted by Crippen LogP contribution is 2.39. The summed E-state index contributed by atoms with van der Waals surface area (Å²) >= 11 is 1.29. The van der Waals surface area contributed by atoms with Crippen molar-refractivity contribution in [3.63, 3.8) is 0 Å². The van der Waals surface area contributed by atoms with Gasteiger partial charge in [-0.1, -0.05) is 24.0 Å². The molecule has 6 nitrogen and oxygen atoms in total. The van der Waals surface area contributed by atoms with Crippen LogP contribution in [0.5, 0.6) is 0 Å². The van der Waals surface area contributed by atoms with Crippen molar-refractivity contribution in [1.29, 1.82) is 0 Å². The molecule has 5 rings (SSSR count). The van der Waals surface area contributed by atoms with Crippen molar-refractivity contribution >= 4 is 53.5 Å². The van der Waals surface area contributed by atoms with Gasteiger partial charge in [0.2, 0.25) is 0 Å². The van der Waals surface area contributed by atoms with Gasteiger partial charge in [-0.2, -0.15) is 13.2 Å². The first-order valence-electron chi connectivity index (χ1n) is 12.6. The third-order valence-electron chi connectivity index (χ3n) is 6.93. The van der Waals surface area contributed by atoms with Gasteiger partial charge in [0.15, 0.2) is 9.84 Å². The second kappa shape index (κ2) is 10.8. The number of aromatic amines is 1. The summed E-state index contributed by atoms with van der Waals surface area (Å²) < 4.78 is 65.6. The van der Waals surface area contributed by atoms with E-state index in [1.54, 1.807) is 30.5 Å². The van der Waals surface area contributed by atoms with Crippen molar-refractivity contribution in [2.24, 2.45) is 0 Å². The minimum Gasteiger partial charge on any atom is -0.381 e. The molecule has 0 saturated carbocycles. The zero-order chi connectivity index (χ0) is 27.8. The quantitative estimate of drug-likeness (QED) is 0.252. The van der Waals surface area contributed by atoms with Crippen molar-refractivity contribution in [2.75, 3.05) is 43.6 Å². The Balaban J connectivity index is 1.42. The summed E-state index contributed by atoms with van der Waals surface area (Å²) in [6.45, 7) is 2.13. The molecular weight excluding hydrogens is 545 g/mol. The molecule has 4 aromatic rings. The topological polar surface area (TPSA) is 77.2 Å². The average molecular weight is 575 g/mol. The third-order valence-corrected chi connectivity index (χ3v) is 9.28. The molecule has 1 aliphatic heterocycles. The first kappa shape index (κ1) is 27.4. The number of anilines is 2. The molecule has 3 N–H and O–H groups in total. The largest absolute Gasteiger partial charge is 0.393 e. The van der Waals surface area contributed by atoms with E-state index in [4.69, 9.17) is 0 Å². The summed E-state index contributed by atoms with van der Waals surface area (Å²) in [4.78, 5) is 5.94. The van der Waals surface area contributed by atoms with Crippen LogP contribution in [0.4, 0.5) is 24.5 Å². The van der Waals surface area contributed by atoms with Gasteiger partial charge < -0.3 is 20.5 Å². The number of thiophene rings is 1. The fraction of sp³-hybridized carbons (Fsp3) is 0.357. The number of halogens is 3. The van der Waals surface area contributed by atoms with Crippen LogP contribution >= 0.6 is 11.3 Å². The number of likely N-dealkylation sites (tertiary alicyclic amines) is 1. The lowest BCUT2D eigenvalue weighted by Gasteiger charge is -2.30. The van der Waals surface area contributed by atoms with E-state index >= 15 is 0 Å². The van der Waals surface area contributed by atoms with Crippen LogP contribution in [0.3, 0.4) is 0 Å². The lowest BCUT2D eigenvalue weighted by molar-refractivity contribution is -0.126. The Hall–Kier alpha value is -3.20. The van der Waals surface area contributed by atoms with Gasteiger partial charge in [-0.3, -0.25) is 0 Å². The zero-order valence-corrected chi connectivity index (χ0v) is 23.2.